The van der Waals surface area contributed by atoms with Gasteiger partial charge in [-0.15, -0.1) is 0 Å². The summed E-state index contributed by atoms with van der Waals surface area (Å²) >= 11 is 0. The van der Waals surface area contributed by atoms with E-state index in [4.69, 9.17) is 5.73 Å². The number of nitrogens with two attached hydrogens (primary N) is 1. The third-order valence-corrected chi connectivity index (χ3v) is 7.32. The van der Waals surface area contributed by atoms with Crippen LogP contribution in [-0.4, -0.2) is 67.3 Å². The number of sulfonamides is 1. The summed E-state index contributed by atoms with van der Waals surface area (Å²) in [5.41, 5.74) is 5.95. The number of carbonyl (C=O) groups excluding carboxylic acids is 3. The largest absolute Gasteiger partial charge is 0.480 e. The number of primary amides is 1. The number of hydrogen-bond donors (Lipinski definition) is 4. The van der Waals surface area contributed by atoms with Gasteiger partial charge in [-0.2, -0.15) is 4.72 Å². The van der Waals surface area contributed by atoms with Crippen LogP contribution in [0.15, 0.2) is 29.2 Å². The molecule has 194 valence electrons. The van der Waals surface area contributed by atoms with Gasteiger partial charge < -0.3 is 21.1 Å². The van der Waals surface area contributed by atoms with Crippen molar-refractivity contribution >= 4 is 33.7 Å². The number of aryl methyl sites for hydroxylation is 1. The van der Waals surface area contributed by atoms with E-state index >= 15 is 0 Å². The zero-order valence-electron chi connectivity index (χ0n) is 20.2. The summed E-state index contributed by atoms with van der Waals surface area (Å²) in [4.78, 5) is 49.6. The number of carbonyl (C=O) groups is 4. The molecule has 1 aromatic rings. The minimum atomic E-state index is -3.92. The number of likely N-dealkylation sites (tertiary alicyclic amines) is 1. The molecular formula is C23H34N4O7S. The minimum absolute atomic E-state index is 0.0474. The van der Waals surface area contributed by atoms with Crippen molar-refractivity contribution in [2.45, 2.75) is 63.4 Å². The molecule has 3 amide bonds. The molecule has 0 aromatic heterocycles. The second kappa shape index (κ2) is 12.1. The molecule has 1 aliphatic rings. The lowest BCUT2D eigenvalue weighted by atomic mass is 9.94. The molecular weight excluding hydrogens is 476 g/mol. The summed E-state index contributed by atoms with van der Waals surface area (Å²) in [6, 6.07) is 3.97. The van der Waals surface area contributed by atoms with Gasteiger partial charge in [0.05, 0.1) is 11.3 Å². The Balaban J connectivity index is 2.04. The van der Waals surface area contributed by atoms with Gasteiger partial charge in [0.1, 0.15) is 12.1 Å². The molecule has 0 bridgehead atoms. The van der Waals surface area contributed by atoms with Crippen LogP contribution in [0.1, 0.15) is 45.1 Å². The fourth-order valence-corrected chi connectivity index (χ4v) is 5.12. The highest BCUT2D eigenvalue weighted by Gasteiger charge is 2.34. The molecule has 2 unspecified atom stereocenters. The first-order valence-corrected chi connectivity index (χ1v) is 13.0. The summed E-state index contributed by atoms with van der Waals surface area (Å²) < 4.78 is 28.3. The Morgan fingerprint density at radius 2 is 1.66 bits per heavy atom. The fraction of sp³-hybridized carbons (Fsp3) is 0.565. The summed E-state index contributed by atoms with van der Waals surface area (Å²) in [5.74, 6) is -3.59. The van der Waals surface area contributed by atoms with Gasteiger partial charge in [0, 0.05) is 19.0 Å². The van der Waals surface area contributed by atoms with Gasteiger partial charge in [-0.1, -0.05) is 31.5 Å². The predicted octanol–water partition coefficient (Wildman–Crippen LogP) is 0.371. The molecule has 1 aromatic carbocycles. The molecule has 1 fully saturated rings. The Morgan fingerprint density at radius 3 is 2.14 bits per heavy atom. The van der Waals surface area contributed by atoms with E-state index in [1.165, 1.54) is 17.0 Å². The molecule has 0 saturated carbocycles. The van der Waals surface area contributed by atoms with Gasteiger partial charge in [0.15, 0.2) is 0 Å². The summed E-state index contributed by atoms with van der Waals surface area (Å²) in [6.07, 6.45) is 0.341. The van der Waals surface area contributed by atoms with Crippen molar-refractivity contribution in [2.24, 2.45) is 17.6 Å². The third kappa shape index (κ3) is 8.32. The summed E-state index contributed by atoms with van der Waals surface area (Å²) in [5, 5.41) is 11.5. The SMILES string of the molecule is Cc1ccc(S(=O)(=O)NC(CC(C)C)C(=O)N2CCC(C(=O)NC(CC(N)=O)C(=O)O)CC2)cc1. The summed E-state index contributed by atoms with van der Waals surface area (Å²) in [6.45, 7) is 6.05. The maximum atomic E-state index is 13.2. The van der Waals surface area contributed by atoms with Gasteiger partial charge in [-0.3, -0.25) is 14.4 Å². The number of carboxylic acid groups (broad SMARTS) is 1. The number of nitrogens with one attached hydrogen (secondary N) is 2. The number of rotatable bonds is 11. The highest BCUT2D eigenvalue weighted by atomic mass is 32.2. The predicted molar refractivity (Wildman–Crippen MR) is 127 cm³/mol. The monoisotopic (exact) mass is 510 g/mol. The van der Waals surface area contributed by atoms with E-state index in [1.807, 2.05) is 20.8 Å². The van der Waals surface area contributed by atoms with Crippen LogP contribution >= 0.6 is 0 Å². The lowest BCUT2D eigenvalue weighted by Gasteiger charge is -2.34. The van der Waals surface area contributed by atoms with Crippen LogP contribution in [0.2, 0.25) is 0 Å². The number of carboxylic acids is 1. The molecule has 2 atom stereocenters. The molecule has 1 saturated heterocycles. The van der Waals surface area contributed by atoms with Crippen molar-refractivity contribution in [3.63, 3.8) is 0 Å². The van der Waals surface area contributed by atoms with Crippen molar-refractivity contribution in [3.8, 4) is 0 Å². The zero-order chi connectivity index (χ0) is 26.3. The fourth-order valence-electron chi connectivity index (χ4n) is 3.92. The molecule has 1 aliphatic heterocycles. The Labute approximate surface area is 205 Å². The van der Waals surface area contributed by atoms with Crippen LogP contribution in [0.25, 0.3) is 0 Å². The van der Waals surface area contributed by atoms with Crippen LogP contribution in [0.5, 0.6) is 0 Å². The van der Waals surface area contributed by atoms with Crippen molar-refractivity contribution in [1.82, 2.24) is 14.9 Å². The number of hydrogen-bond acceptors (Lipinski definition) is 6. The second-order valence-electron chi connectivity index (χ2n) is 9.29. The maximum absolute atomic E-state index is 13.2. The van der Waals surface area contributed by atoms with Crippen LogP contribution in [0, 0.1) is 18.8 Å². The number of nitrogens with zero attached hydrogens (tertiary/aromatic N) is 1. The van der Waals surface area contributed by atoms with E-state index in [-0.39, 0.29) is 42.7 Å². The first-order chi connectivity index (χ1) is 16.3. The first kappa shape index (κ1) is 28.2. The lowest BCUT2D eigenvalue weighted by Crippen LogP contribution is -2.53. The van der Waals surface area contributed by atoms with Crippen molar-refractivity contribution in [2.75, 3.05) is 13.1 Å². The normalized spacial score (nSPS) is 16.5. The average molecular weight is 511 g/mol. The van der Waals surface area contributed by atoms with E-state index in [1.54, 1.807) is 12.1 Å². The highest BCUT2D eigenvalue weighted by Crippen LogP contribution is 2.21. The van der Waals surface area contributed by atoms with E-state index in [0.717, 1.165) is 5.56 Å². The number of piperidine rings is 1. The Hall–Kier alpha value is -2.99. The molecule has 0 aliphatic carbocycles. The van der Waals surface area contributed by atoms with Crippen LogP contribution in [0.3, 0.4) is 0 Å². The topological polar surface area (TPSA) is 176 Å². The number of benzene rings is 1. The van der Waals surface area contributed by atoms with Crippen LogP contribution < -0.4 is 15.8 Å². The second-order valence-corrected chi connectivity index (χ2v) is 11.0. The van der Waals surface area contributed by atoms with E-state index in [9.17, 15) is 32.7 Å². The highest BCUT2D eigenvalue weighted by molar-refractivity contribution is 7.89. The Morgan fingerprint density at radius 1 is 1.09 bits per heavy atom. The smallest absolute Gasteiger partial charge is 0.326 e. The van der Waals surface area contributed by atoms with Gasteiger partial charge in [-0.25, -0.2) is 13.2 Å². The van der Waals surface area contributed by atoms with Crippen LogP contribution in [-0.2, 0) is 29.2 Å². The van der Waals surface area contributed by atoms with Crippen molar-refractivity contribution in [1.29, 1.82) is 0 Å². The summed E-state index contributed by atoms with van der Waals surface area (Å²) in [7, 11) is -3.92. The standard InChI is InChI=1S/C23H34N4O7S/c1-14(2)12-18(26-35(33,34)17-6-4-15(3)5-7-17)22(30)27-10-8-16(9-11-27)21(29)25-19(23(31)32)13-20(24)28/h4-7,14,16,18-19,26H,8-13H2,1-3H3,(H2,24,28)(H,25,29)(H,31,32). The van der Waals surface area contributed by atoms with E-state index < -0.39 is 52.2 Å². The molecule has 2 rings (SSSR count). The number of amides is 3. The van der Waals surface area contributed by atoms with Crippen molar-refractivity contribution < 1.29 is 32.7 Å². The van der Waals surface area contributed by atoms with Gasteiger partial charge in [0.25, 0.3) is 0 Å². The van der Waals surface area contributed by atoms with Crippen LogP contribution in [0.4, 0.5) is 0 Å². The first-order valence-electron chi connectivity index (χ1n) is 11.5. The Kier molecular flexibility index (Phi) is 9.78. The van der Waals surface area contributed by atoms with Gasteiger partial charge in [0.2, 0.25) is 27.7 Å². The Bertz CT molecular complexity index is 1030. The van der Waals surface area contributed by atoms with Crippen molar-refractivity contribution in [3.05, 3.63) is 29.8 Å². The maximum Gasteiger partial charge on any atom is 0.326 e. The third-order valence-electron chi connectivity index (χ3n) is 5.83. The lowest BCUT2D eigenvalue weighted by molar-refractivity contribution is -0.144. The van der Waals surface area contributed by atoms with E-state index in [0.29, 0.717) is 6.42 Å². The molecule has 0 spiro atoms. The van der Waals surface area contributed by atoms with Gasteiger partial charge >= 0.3 is 5.97 Å². The number of aliphatic carboxylic acids is 1. The molecule has 1 heterocycles. The van der Waals surface area contributed by atoms with Gasteiger partial charge in [-0.05, 0) is 44.2 Å². The molecule has 0 radical (unpaired) electrons. The molecule has 11 nitrogen and oxygen atoms in total. The molecule has 12 heteroatoms. The van der Waals surface area contributed by atoms with E-state index in [2.05, 4.69) is 10.0 Å². The molecule has 5 N–H and O–H groups in total. The molecule has 35 heavy (non-hydrogen) atoms. The minimum Gasteiger partial charge on any atom is -0.480 e. The zero-order valence-corrected chi connectivity index (χ0v) is 21.0. The average Bonchev–Trinajstić information content (AvgIpc) is 2.77. The quantitative estimate of drug-likeness (QED) is 0.332.